The first-order valence-electron chi connectivity index (χ1n) is 8.42. The molecule has 7 heteroatoms. The number of carbonyl (C=O) groups excluding carboxylic acids is 1. The number of hydrogen-bond donors (Lipinski definition) is 1. The number of carbonyl (C=O) groups is 1. The Kier molecular flexibility index (Phi) is 5.88. The summed E-state index contributed by atoms with van der Waals surface area (Å²) in [4.78, 5) is 16.8. The summed E-state index contributed by atoms with van der Waals surface area (Å²) < 4.78 is 6.02. The zero-order valence-corrected chi connectivity index (χ0v) is 16.2. The maximum absolute atomic E-state index is 12.3. The summed E-state index contributed by atoms with van der Waals surface area (Å²) in [6, 6.07) is 7.89. The van der Waals surface area contributed by atoms with E-state index in [-0.39, 0.29) is 5.91 Å². The Morgan fingerprint density at radius 3 is 2.56 bits per heavy atom. The van der Waals surface area contributed by atoms with Crippen molar-refractivity contribution in [2.24, 2.45) is 0 Å². The molecule has 1 aliphatic rings. The van der Waals surface area contributed by atoms with Crippen molar-refractivity contribution < 1.29 is 9.32 Å². The molecule has 2 heterocycles. The highest BCUT2D eigenvalue weighted by atomic mass is 79.9. The number of benzene rings is 1. The average molecular weight is 407 g/mol. The number of halogens is 1. The van der Waals surface area contributed by atoms with Crippen molar-refractivity contribution in [2.75, 3.05) is 38.0 Å². The van der Waals surface area contributed by atoms with E-state index in [0.29, 0.717) is 6.54 Å². The SMILES string of the molecule is Cc1ccc(NC(=O)CN2CCN(Cc3cc(C)on3)CC2)c(Br)c1. The number of rotatable bonds is 5. The third-order valence-electron chi connectivity index (χ3n) is 4.29. The van der Waals surface area contributed by atoms with Gasteiger partial charge in [-0.25, -0.2) is 0 Å². The van der Waals surface area contributed by atoms with Crippen LogP contribution < -0.4 is 5.32 Å². The minimum Gasteiger partial charge on any atom is -0.361 e. The van der Waals surface area contributed by atoms with Gasteiger partial charge < -0.3 is 9.84 Å². The number of nitrogens with zero attached hydrogens (tertiary/aromatic N) is 3. The van der Waals surface area contributed by atoms with Crippen LogP contribution in [0.5, 0.6) is 0 Å². The van der Waals surface area contributed by atoms with Crippen molar-refractivity contribution in [1.82, 2.24) is 15.0 Å². The van der Waals surface area contributed by atoms with Crippen LogP contribution in [0.25, 0.3) is 0 Å². The van der Waals surface area contributed by atoms with Crippen LogP contribution in [0.3, 0.4) is 0 Å². The molecule has 6 nitrogen and oxygen atoms in total. The summed E-state index contributed by atoms with van der Waals surface area (Å²) in [5, 5.41) is 7.01. The lowest BCUT2D eigenvalue weighted by Gasteiger charge is -2.33. The second kappa shape index (κ2) is 8.12. The van der Waals surface area contributed by atoms with E-state index in [4.69, 9.17) is 4.52 Å². The molecular weight excluding hydrogens is 384 g/mol. The highest BCUT2D eigenvalue weighted by molar-refractivity contribution is 9.10. The molecule has 0 unspecified atom stereocenters. The fourth-order valence-electron chi connectivity index (χ4n) is 2.94. The Bertz CT molecular complexity index is 738. The van der Waals surface area contributed by atoms with Gasteiger partial charge in [-0.3, -0.25) is 14.6 Å². The van der Waals surface area contributed by atoms with Crippen LogP contribution in [0.1, 0.15) is 17.0 Å². The fraction of sp³-hybridized carbons (Fsp3) is 0.444. The van der Waals surface area contributed by atoms with E-state index in [9.17, 15) is 4.79 Å². The van der Waals surface area contributed by atoms with Crippen LogP contribution in [-0.2, 0) is 11.3 Å². The monoisotopic (exact) mass is 406 g/mol. The highest BCUT2D eigenvalue weighted by Crippen LogP contribution is 2.23. The van der Waals surface area contributed by atoms with Gasteiger partial charge in [0.1, 0.15) is 5.76 Å². The summed E-state index contributed by atoms with van der Waals surface area (Å²) >= 11 is 3.49. The van der Waals surface area contributed by atoms with E-state index in [1.807, 2.05) is 38.1 Å². The number of piperazine rings is 1. The number of hydrogen-bond acceptors (Lipinski definition) is 5. The standard InChI is InChI=1S/C18H23BrN4O2/c1-13-3-4-17(16(19)9-13)20-18(24)12-23-7-5-22(6-8-23)11-15-10-14(2)25-21-15/h3-4,9-10H,5-8,11-12H2,1-2H3,(H,20,24). The summed E-state index contributed by atoms with van der Waals surface area (Å²) in [5.41, 5.74) is 2.94. The van der Waals surface area contributed by atoms with Gasteiger partial charge in [-0.1, -0.05) is 11.2 Å². The maximum atomic E-state index is 12.3. The summed E-state index contributed by atoms with van der Waals surface area (Å²) in [6.07, 6.45) is 0. The van der Waals surface area contributed by atoms with E-state index >= 15 is 0 Å². The minimum atomic E-state index is 0.0186. The molecule has 1 aliphatic heterocycles. The minimum absolute atomic E-state index is 0.0186. The fourth-order valence-corrected chi connectivity index (χ4v) is 3.53. The first kappa shape index (κ1) is 18.1. The molecule has 3 rings (SSSR count). The molecule has 1 N–H and O–H groups in total. The molecule has 0 radical (unpaired) electrons. The van der Waals surface area contributed by atoms with Crippen LogP contribution in [0, 0.1) is 13.8 Å². The van der Waals surface area contributed by atoms with Gasteiger partial charge in [0, 0.05) is 43.3 Å². The number of aromatic nitrogens is 1. The normalized spacial score (nSPS) is 16.1. The summed E-state index contributed by atoms with van der Waals surface area (Å²) in [7, 11) is 0. The first-order valence-corrected chi connectivity index (χ1v) is 9.22. The van der Waals surface area contributed by atoms with Gasteiger partial charge >= 0.3 is 0 Å². The van der Waals surface area contributed by atoms with Gasteiger partial charge in [0.2, 0.25) is 5.91 Å². The van der Waals surface area contributed by atoms with Crippen LogP contribution >= 0.6 is 15.9 Å². The van der Waals surface area contributed by atoms with Crippen LogP contribution in [0.15, 0.2) is 33.3 Å². The van der Waals surface area contributed by atoms with Crippen molar-refractivity contribution in [3.8, 4) is 0 Å². The number of nitrogens with one attached hydrogen (secondary N) is 1. The smallest absolute Gasteiger partial charge is 0.238 e. The molecule has 1 fully saturated rings. The zero-order valence-electron chi connectivity index (χ0n) is 14.6. The van der Waals surface area contributed by atoms with Gasteiger partial charge in [-0.15, -0.1) is 0 Å². The molecule has 1 aromatic heterocycles. The van der Waals surface area contributed by atoms with Crippen molar-refractivity contribution in [2.45, 2.75) is 20.4 Å². The van der Waals surface area contributed by atoms with E-state index in [1.165, 1.54) is 0 Å². The quantitative estimate of drug-likeness (QED) is 0.826. The lowest BCUT2D eigenvalue weighted by atomic mass is 10.2. The van der Waals surface area contributed by atoms with E-state index in [0.717, 1.165) is 59.9 Å². The predicted molar refractivity (Wildman–Crippen MR) is 100 cm³/mol. The molecule has 0 bridgehead atoms. The van der Waals surface area contributed by atoms with Gasteiger partial charge in [0.15, 0.2) is 0 Å². The molecule has 134 valence electrons. The Hall–Kier alpha value is -1.70. The largest absolute Gasteiger partial charge is 0.361 e. The molecule has 1 amide bonds. The third kappa shape index (κ3) is 5.14. The molecule has 25 heavy (non-hydrogen) atoms. The molecule has 2 aromatic rings. The topological polar surface area (TPSA) is 61.6 Å². The van der Waals surface area contributed by atoms with Gasteiger partial charge in [-0.05, 0) is 47.5 Å². The molecule has 1 aromatic carbocycles. The Morgan fingerprint density at radius 2 is 1.92 bits per heavy atom. The number of amides is 1. The second-order valence-corrected chi connectivity index (χ2v) is 7.37. The molecular formula is C18H23BrN4O2. The zero-order chi connectivity index (χ0) is 17.8. The lowest BCUT2D eigenvalue weighted by molar-refractivity contribution is -0.117. The van der Waals surface area contributed by atoms with Crippen molar-refractivity contribution in [3.63, 3.8) is 0 Å². The molecule has 0 spiro atoms. The Labute approximate surface area is 156 Å². The lowest BCUT2D eigenvalue weighted by Crippen LogP contribution is -2.48. The van der Waals surface area contributed by atoms with Crippen LogP contribution in [0.4, 0.5) is 5.69 Å². The van der Waals surface area contributed by atoms with E-state index in [1.54, 1.807) is 0 Å². The maximum Gasteiger partial charge on any atom is 0.238 e. The molecule has 1 saturated heterocycles. The number of anilines is 1. The van der Waals surface area contributed by atoms with Crippen molar-refractivity contribution in [3.05, 3.63) is 45.8 Å². The van der Waals surface area contributed by atoms with Crippen molar-refractivity contribution >= 4 is 27.5 Å². The Morgan fingerprint density at radius 1 is 1.20 bits per heavy atom. The third-order valence-corrected chi connectivity index (χ3v) is 4.95. The van der Waals surface area contributed by atoms with E-state index in [2.05, 4.69) is 36.2 Å². The van der Waals surface area contributed by atoms with Gasteiger partial charge in [0.05, 0.1) is 17.9 Å². The Balaban J connectivity index is 1.44. The summed E-state index contributed by atoms with van der Waals surface area (Å²) in [5.74, 6) is 0.859. The van der Waals surface area contributed by atoms with Gasteiger partial charge in [-0.2, -0.15) is 0 Å². The van der Waals surface area contributed by atoms with Gasteiger partial charge in [0.25, 0.3) is 0 Å². The summed E-state index contributed by atoms with van der Waals surface area (Å²) in [6.45, 7) is 8.74. The van der Waals surface area contributed by atoms with E-state index < -0.39 is 0 Å². The highest BCUT2D eigenvalue weighted by Gasteiger charge is 2.20. The van der Waals surface area contributed by atoms with Crippen molar-refractivity contribution in [1.29, 1.82) is 0 Å². The molecule has 0 saturated carbocycles. The molecule has 0 atom stereocenters. The molecule has 0 aliphatic carbocycles. The number of aryl methyl sites for hydroxylation is 2. The first-order chi connectivity index (χ1) is 12.0. The van der Waals surface area contributed by atoms with Crippen LogP contribution in [-0.4, -0.2) is 53.6 Å². The van der Waals surface area contributed by atoms with Crippen LogP contribution in [0.2, 0.25) is 0 Å². The average Bonchev–Trinajstić information content (AvgIpc) is 2.97. The predicted octanol–water partition coefficient (Wildman–Crippen LogP) is 2.81. The second-order valence-electron chi connectivity index (χ2n) is 6.51.